The number of carbonyl (C=O) groups is 1. The van der Waals surface area contributed by atoms with Crippen LogP contribution >= 0.6 is 0 Å². The van der Waals surface area contributed by atoms with Crippen LogP contribution in [0.2, 0.25) is 0 Å². The minimum absolute atomic E-state index is 0.0625. The molecule has 1 saturated heterocycles. The molecule has 3 unspecified atom stereocenters. The zero-order valence-electron chi connectivity index (χ0n) is 7.62. The maximum absolute atomic E-state index is 10.8. The maximum Gasteiger partial charge on any atom is 0.309 e. The van der Waals surface area contributed by atoms with Gasteiger partial charge in [0.15, 0.2) is 0 Å². The van der Waals surface area contributed by atoms with Crippen molar-refractivity contribution in [1.29, 1.82) is 0 Å². The zero-order chi connectivity index (χ0) is 9.14. The van der Waals surface area contributed by atoms with Crippen molar-refractivity contribution in [2.24, 2.45) is 5.92 Å². The summed E-state index contributed by atoms with van der Waals surface area (Å²) in [5.74, 6) is -0.988. The Labute approximate surface area is 72.7 Å². The van der Waals surface area contributed by atoms with E-state index in [2.05, 4.69) is 0 Å². The molecule has 0 aromatic heterocycles. The smallest absolute Gasteiger partial charge is 0.309 e. The lowest BCUT2D eigenvalue weighted by molar-refractivity contribution is -0.143. The number of hydrogen-bond donors (Lipinski definition) is 1. The van der Waals surface area contributed by atoms with Gasteiger partial charge in [0.1, 0.15) is 0 Å². The van der Waals surface area contributed by atoms with Crippen LogP contribution in [-0.2, 0) is 9.53 Å². The molecule has 1 aliphatic rings. The lowest BCUT2D eigenvalue weighted by Crippen LogP contribution is -2.22. The molecular formula is C9H16O3. The summed E-state index contributed by atoms with van der Waals surface area (Å²) in [6.07, 6.45) is 2.50. The van der Waals surface area contributed by atoms with Crippen molar-refractivity contribution in [3.8, 4) is 0 Å². The van der Waals surface area contributed by atoms with E-state index in [1.165, 1.54) is 0 Å². The van der Waals surface area contributed by atoms with Gasteiger partial charge in [0, 0.05) is 0 Å². The van der Waals surface area contributed by atoms with Crippen LogP contribution in [0.25, 0.3) is 0 Å². The lowest BCUT2D eigenvalue weighted by Gasteiger charge is -2.11. The zero-order valence-corrected chi connectivity index (χ0v) is 7.62. The Hall–Kier alpha value is -0.570. The third kappa shape index (κ3) is 1.78. The largest absolute Gasteiger partial charge is 0.481 e. The predicted molar refractivity (Wildman–Crippen MR) is 45.0 cm³/mol. The van der Waals surface area contributed by atoms with Crippen LogP contribution < -0.4 is 0 Å². The van der Waals surface area contributed by atoms with Gasteiger partial charge in [-0.3, -0.25) is 4.79 Å². The third-order valence-corrected chi connectivity index (χ3v) is 2.51. The summed E-state index contributed by atoms with van der Waals surface area (Å²) in [5, 5.41) is 8.85. The summed E-state index contributed by atoms with van der Waals surface area (Å²) in [6.45, 7) is 4.00. The topological polar surface area (TPSA) is 46.5 Å². The van der Waals surface area contributed by atoms with E-state index in [1.807, 2.05) is 13.8 Å². The van der Waals surface area contributed by atoms with Gasteiger partial charge in [0.25, 0.3) is 0 Å². The molecule has 0 bridgehead atoms. The molecular weight excluding hydrogens is 156 g/mol. The van der Waals surface area contributed by atoms with Crippen LogP contribution in [0.15, 0.2) is 0 Å². The third-order valence-electron chi connectivity index (χ3n) is 2.51. The lowest BCUT2D eigenvalue weighted by atomic mass is 9.97. The first-order chi connectivity index (χ1) is 5.69. The summed E-state index contributed by atoms with van der Waals surface area (Å²) in [6, 6.07) is 0. The Morgan fingerprint density at radius 1 is 1.50 bits per heavy atom. The second-order valence-electron chi connectivity index (χ2n) is 3.29. The van der Waals surface area contributed by atoms with Crippen molar-refractivity contribution in [3.63, 3.8) is 0 Å². The number of rotatable bonds is 3. The Kier molecular flexibility index (Phi) is 3.09. The van der Waals surface area contributed by atoms with E-state index in [1.54, 1.807) is 0 Å². The molecule has 3 heteroatoms. The maximum atomic E-state index is 10.8. The molecule has 1 fully saturated rings. The fraction of sp³-hybridized carbons (Fsp3) is 0.889. The summed E-state index contributed by atoms with van der Waals surface area (Å²) in [7, 11) is 0. The molecule has 0 amide bonds. The second-order valence-corrected chi connectivity index (χ2v) is 3.29. The van der Waals surface area contributed by atoms with Gasteiger partial charge >= 0.3 is 5.97 Å². The molecule has 3 atom stereocenters. The van der Waals surface area contributed by atoms with E-state index in [4.69, 9.17) is 9.84 Å². The van der Waals surface area contributed by atoms with Gasteiger partial charge < -0.3 is 9.84 Å². The highest BCUT2D eigenvalue weighted by Gasteiger charge is 2.37. The molecule has 70 valence electrons. The van der Waals surface area contributed by atoms with E-state index < -0.39 is 5.97 Å². The quantitative estimate of drug-likeness (QED) is 0.704. The molecule has 0 aliphatic carbocycles. The minimum Gasteiger partial charge on any atom is -0.481 e. The normalized spacial score (nSPS) is 35.3. The number of hydrogen-bond acceptors (Lipinski definition) is 2. The second kappa shape index (κ2) is 3.90. The molecule has 1 rings (SSSR count). The SMILES string of the molecule is CCC1CC(C(=O)O)C(CC)O1. The van der Waals surface area contributed by atoms with Crippen LogP contribution in [-0.4, -0.2) is 23.3 Å². The van der Waals surface area contributed by atoms with Gasteiger partial charge in [-0.2, -0.15) is 0 Å². The Balaban J connectivity index is 2.56. The van der Waals surface area contributed by atoms with Crippen LogP contribution in [0, 0.1) is 5.92 Å². The van der Waals surface area contributed by atoms with Crippen LogP contribution in [0.5, 0.6) is 0 Å². The standard InChI is InChI=1S/C9H16O3/c1-3-6-5-7(9(10)11)8(4-2)12-6/h6-8H,3-5H2,1-2H3,(H,10,11). The van der Waals surface area contributed by atoms with Crippen molar-refractivity contribution in [1.82, 2.24) is 0 Å². The first-order valence-corrected chi connectivity index (χ1v) is 4.57. The summed E-state index contributed by atoms with van der Waals surface area (Å²) in [5.41, 5.74) is 0. The van der Waals surface area contributed by atoms with Crippen LogP contribution in [0.3, 0.4) is 0 Å². The molecule has 1 heterocycles. The Bertz CT molecular complexity index is 167. The highest BCUT2D eigenvalue weighted by molar-refractivity contribution is 5.71. The average molecular weight is 172 g/mol. The highest BCUT2D eigenvalue weighted by atomic mass is 16.5. The number of carboxylic acids is 1. The van der Waals surface area contributed by atoms with E-state index in [0.29, 0.717) is 6.42 Å². The molecule has 0 spiro atoms. The molecule has 0 saturated carbocycles. The van der Waals surface area contributed by atoms with Gasteiger partial charge in [0.05, 0.1) is 18.1 Å². The fourth-order valence-corrected chi connectivity index (χ4v) is 1.74. The monoisotopic (exact) mass is 172 g/mol. The van der Waals surface area contributed by atoms with E-state index >= 15 is 0 Å². The van der Waals surface area contributed by atoms with Crippen molar-refractivity contribution in [3.05, 3.63) is 0 Å². The average Bonchev–Trinajstić information content (AvgIpc) is 2.47. The number of ether oxygens (including phenoxy) is 1. The van der Waals surface area contributed by atoms with Crippen molar-refractivity contribution < 1.29 is 14.6 Å². The summed E-state index contributed by atoms with van der Waals surface area (Å²) >= 11 is 0. The number of aliphatic carboxylic acids is 1. The van der Waals surface area contributed by atoms with Crippen molar-refractivity contribution >= 4 is 5.97 Å². The molecule has 0 aromatic carbocycles. The van der Waals surface area contributed by atoms with Gasteiger partial charge in [-0.1, -0.05) is 13.8 Å². The number of carboxylic acid groups (broad SMARTS) is 1. The fourth-order valence-electron chi connectivity index (χ4n) is 1.74. The summed E-state index contributed by atoms with van der Waals surface area (Å²) < 4.78 is 5.55. The van der Waals surface area contributed by atoms with Gasteiger partial charge in [-0.05, 0) is 19.3 Å². The van der Waals surface area contributed by atoms with Crippen LogP contribution in [0.4, 0.5) is 0 Å². The molecule has 1 aliphatic heterocycles. The van der Waals surface area contributed by atoms with Gasteiger partial charge in [-0.25, -0.2) is 0 Å². The van der Waals surface area contributed by atoms with E-state index in [0.717, 1.165) is 12.8 Å². The molecule has 0 aromatic rings. The van der Waals surface area contributed by atoms with Gasteiger partial charge in [0.2, 0.25) is 0 Å². The molecule has 3 nitrogen and oxygen atoms in total. The van der Waals surface area contributed by atoms with E-state index in [-0.39, 0.29) is 18.1 Å². The Morgan fingerprint density at radius 2 is 2.17 bits per heavy atom. The van der Waals surface area contributed by atoms with Crippen molar-refractivity contribution in [2.75, 3.05) is 0 Å². The highest BCUT2D eigenvalue weighted by Crippen LogP contribution is 2.30. The molecule has 12 heavy (non-hydrogen) atoms. The minimum atomic E-state index is -0.710. The summed E-state index contributed by atoms with van der Waals surface area (Å²) in [4.78, 5) is 10.8. The van der Waals surface area contributed by atoms with Crippen molar-refractivity contribution in [2.45, 2.75) is 45.3 Å². The van der Waals surface area contributed by atoms with Gasteiger partial charge in [-0.15, -0.1) is 0 Å². The first-order valence-electron chi connectivity index (χ1n) is 4.57. The first kappa shape index (κ1) is 9.52. The predicted octanol–water partition coefficient (Wildman–Crippen LogP) is 1.66. The molecule has 0 radical (unpaired) electrons. The van der Waals surface area contributed by atoms with E-state index in [9.17, 15) is 4.79 Å². The molecule has 1 N–H and O–H groups in total. The Morgan fingerprint density at radius 3 is 2.50 bits per heavy atom. The van der Waals surface area contributed by atoms with Crippen LogP contribution in [0.1, 0.15) is 33.1 Å².